The van der Waals surface area contributed by atoms with Crippen molar-refractivity contribution < 1.29 is 4.79 Å². The van der Waals surface area contributed by atoms with Crippen molar-refractivity contribution in [2.75, 3.05) is 5.32 Å². The summed E-state index contributed by atoms with van der Waals surface area (Å²) in [6.45, 7) is 1.88. The van der Waals surface area contributed by atoms with Gasteiger partial charge in [0.1, 0.15) is 6.33 Å². The Labute approximate surface area is 140 Å². The molecule has 4 aromatic rings. The summed E-state index contributed by atoms with van der Waals surface area (Å²) in [6, 6.07) is 10.4. The third kappa shape index (κ3) is 2.78. The van der Waals surface area contributed by atoms with Crippen LogP contribution >= 0.6 is 0 Å². The SMILES string of the molecule is Cc1cc(C(=O)Nc2ccc3[nH]c(=O)[nH]c3c2)ccc1-n1cnnn1. The Morgan fingerprint density at radius 2 is 1.96 bits per heavy atom. The van der Waals surface area contributed by atoms with Crippen molar-refractivity contribution in [3.8, 4) is 5.69 Å². The average Bonchev–Trinajstić information content (AvgIpc) is 3.23. The molecular formula is C16H13N7O2. The first kappa shape index (κ1) is 14.8. The van der Waals surface area contributed by atoms with Crippen LogP contribution in [0.1, 0.15) is 15.9 Å². The van der Waals surface area contributed by atoms with Crippen molar-refractivity contribution in [3.05, 3.63) is 64.3 Å². The molecule has 0 spiro atoms. The molecule has 0 saturated heterocycles. The average molecular weight is 335 g/mol. The number of rotatable bonds is 3. The van der Waals surface area contributed by atoms with Gasteiger partial charge in [-0.15, -0.1) is 5.10 Å². The highest BCUT2D eigenvalue weighted by molar-refractivity contribution is 6.05. The van der Waals surface area contributed by atoms with Gasteiger partial charge in [-0.3, -0.25) is 4.79 Å². The Bertz CT molecular complexity index is 1130. The monoisotopic (exact) mass is 335 g/mol. The zero-order valence-corrected chi connectivity index (χ0v) is 13.1. The predicted molar refractivity (Wildman–Crippen MR) is 90.8 cm³/mol. The van der Waals surface area contributed by atoms with Crippen LogP contribution < -0.4 is 11.0 Å². The quantitative estimate of drug-likeness (QED) is 0.522. The Balaban J connectivity index is 1.59. The summed E-state index contributed by atoms with van der Waals surface area (Å²) < 4.78 is 1.53. The molecule has 4 rings (SSSR count). The summed E-state index contributed by atoms with van der Waals surface area (Å²) in [5.74, 6) is -0.247. The standard InChI is InChI=1S/C16H13N7O2/c1-9-6-10(2-5-14(9)23-8-17-21-22-23)15(24)18-11-3-4-12-13(7-11)20-16(25)19-12/h2-8H,1H3,(H,18,24)(H2,19,20,25). The molecule has 9 heteroatoms. The highest BCUT2D eigenvalue weighted by Crippen LogP contribution is 2.18. The van der Waals surface area contributed by atoms with E-state index in [1.807, 2.05) is 6.92 Å². The van der Waals surface area contributed by atoms with Crippen molar-refractivity contribution in [1.82, 2.24) is 30.2 Å². The zero-order valence-electron chi connectivity index (χ0n) is 13.1. The van der Waals surface area contributed by atoms with E-state index >= 15 is 0 Å². The highest BCUT2D eigenvalue weighted by Gasteiger charge is 2.10. The van der Waals surface area contributed by atoms with E-state index < -0.39 is 0 Å². The number of hydrogen-bond acceptors (Lipinski definition) is 5. The summed E-state index contributed by atoms with van der Waals surface area (Å²) in [4.78, 5) is 29.1. The molecule has 0 aliphatic rings. The molecule has 0 atom stereocenters. The molecule has 3 N–H and O–H groups in total. The lowest BCUT2D eigenvalue weighted by molar-refractivity contribution is 0.102. The second-order valence-corrected chi connectivity index (χ2v) is 5.55. The number of imidazole rings is 1. The maximum atomic E-state index is 12.5. The Morgan fingerprint density at radius 3 is 2.72 bits per heavy atom. The Morgan fingerprint density at radius 1 is 1.12 bits per heavy atom. The lowest BCUT2D eigenvalue weighted by Gasteiger charge is -2.09. The van der Waals surface area contributed by atoms with Crippen LogP contribution in [0.25, 0.3) is 16.7 Å². The van der Waals surface area contributed by atoms with E-state index in [0.717, 1.165) is 11.3 Å². The van der Waals surface area contributed by atoms with Gasteiger partial charge in [0.25, 0.3) is 5.91 Å². The van der Waals surface area contributed by atoms with Gasteiger partial charge in [-0.2, -0.15) is 0 Å². The fraction of sp³-hybridized carbons (Fsp3) is 0.0625. The van der Waals surface area contributed by atoms with Gasteiger partial charge in [-0.25, -0.2) is 9.48 Å². The first-order valence-corrected chi connectivity index (χ1v) is 7.47. The molecule has 124 valence electrons. The van der Waals surface area contributed by atoms with Gasteiger partial charge in [0.05, 0.1) is 16.7 Å². The van der Waals surface area contributed by atoms with Crippen LogP contribution in [0.3, 0.4) is 0 Å². The van der Waals surface area contributed by atoms with Crippen molar-refractivity contribution in [3.63, 3.8) is 0 Å². The number of fused-ring (bicyclic) bond motifs is 1. The Hall–Kier alpha value is -3.75. The molecule has 0 saturated carbocycles. The molecule has 0 bridgehead atoms. The first-order valence-electron chi connectivity index (χ1n) is 7.47. The van der Waals surface area contributed by atoms with Crippen molar-refractivity contribution in [2.24, 2.45) is 0 Å². The minimum Gasteiger partial charge on any atom is -0.322 e. The molecule has 0 aliphatic heterocycles. The number of aromatic amines is 2. The second kappa shape index (κ2) is 5.71. The molecule has 1 amide bonds. The summed E-state index contributed by atoms with van der Waals surface area (Å²) in [5.41, 5.74) is 3.80. The number of carbonyl (C=O) groups excluding carboxylic acids is 1. The van der Waals surface area contributed by atoms with Crippen LogP contribution in [0.2, 0.25) is 0 Å². The molecule has 0 radical (unpaired) electrons. The van der Waals surface area contributed by atoms with Gasteiger partial charge in [0, 0.05) is 11.3 Å². The summed E-state index contributed by atoms with van der Waals surface area (Å²) in [6.07, 6.45) is 1.49. The number of tetrazole rings is 1. The van der Waals surface area contributed by atoms with E-state index in [4.69, 9.17) is 0 Å². The molecule has 0 aliphatic carbocycles. The predicted octanol–water partition coefficient (Wildman–Crippen LogP) is 1.39. The van der Waals surface area contributed by atoms with Gasteiger partial charge in [-0.1, -0.05) is 0 Å². The van der Waals surface area contributed by atoms with Gasteiger partial charge in [0.15, 0.2) is 0 Å². The summed E-state index contributed by atoms with van der Waals surface area (Å²) in [7, 11) is 0. The van der Waals surface area contributed by atoms with Crippen LogP contribution in [0.5, 0.6) is 0 Å². The molecule has 2 aromatic carbocycles. The van der Waals surface area contributed by atoms with Gasteiger partial charge in [-0.05, 0) is 59.3 Å². The van der Waals surface area contributed by atoms with E-state index in [-0.39, 0.29) is 11.6 Å². The van der Waals surface area contributed by atoms with Crippen LogP contribution in [-0.2, 0) is 0 Å². The van der Waals surface area contributed by atoms with Crippen molar-refractivity contribution >= 4 is 22.6 Å². The Kier molecular flexibility index (Phi) is 3.38. The van der Waals surface area contributed by atoms with Gasteiger partial charge in [0.2, 0.25) is 0 Å². The fourth-order valence-corrected chi connectivity index (χ4v) is 2.64. The lowest BCUT2D eigenvalue weighted by atomic mass is 10.1. The lowest BCUT2D eigenvalue weighted by Crippen LogP contribution is -2.12. The van der Waals surface area contributed by atoms with Gasteiger partial charge >= 0.3 is 5.69 Å². The normalized spacial score (nSPS) is 10.9. The molecular weight excluding hydrogens is 322 g/mol. The van der Waals surface area contributed by atoms with Crippen molar-refractivity contribution in [1.29, 1.82) is 0 Å². The molecule has 0 unspecified atom stereocenters. The topological polar surface area (TPSA) is 121 Å². The fourth-order valence-electron chi connectivity index (χ4n) is 2.64. The zero-order chi connectivity index (χ0) is 17.4. The minimum atomic E-state index is -0.285. The molecule has 2 heterocycles. The number of nitrogens with zero attached hydrogens (tertiary/aromatic N) is 4. The molecule has 9 nitrogen and oxygen atoms in total. The van der Waals surface area contributed by atoms with Crippen LogP contribution in [-0.4, -0.2) is 36.1 Å². The second-order valence-electron chi connectivity index (χ2n) is 5.55. The summed E-state index contributed by atoms with van der Waals surface area (Å²) in [5, 5.41) is 13.9. The number of aryl methyl sites for hydroxylation is 1. The molecule has 25 heavy (non-hydrogen) atoms. The van der Waals surface area contributed by atoms with Crippen LogP contribution in [0.15, 0.2) is 47.5 Å². The van der Waals surface area contributed by atoms with E-state index in [9.17, 15) is 9.59 Å². The maximum absolute atomic E-state index is 12.5. The highest BCUT2D eigenvalue weighted by atomic mass is 16.2. The van der Waals surface area contributed by atoms with Crippen LogP contribution in [0, 0.1) is 6.92 Å². The van der Waals surface area contributed by atoms with Gasteiger partial charge < -0.3 is 15.3 Å². The number of benzene rings is 2. The number of aromatic nitrogens is 6. The number of amides is 1. The molecule has 0 fully saturated rings. The maximum Gasteiger partial charge on any atom is 0.323 e. The van der Waals surface area contributed by atoms with Crippen LogP contribution in [0.4, 0.5) is 5.69 Å². The number of anilines is 1. The van der Waals surface area contributed by atoms with E-state index in [2.05, 4.69) is 30.8 Å². The summed E-state index contributed by atoms with van der Waals surface area (Å²) >= 11 is 0. The smallest absolute Gasteiger partial charge is 0.322 e. The van der Waals surface area contributed by atoms with E-state index in [1.165, 1.54) is 11.0 Å². The molecule has 2 aromatic heterocycles. The number of nitrogens with one attached hydrogen (secondary N) is 3. The number of carbonyl (C=O) groups is 1. The third-order valence-corrected chi connectivity index (χ3v) is 3.83. The van der Waals surface area contributed by atoms with E-state index in [0.29, 0.717) is 22.3 Å². The number of H-pyrrole nitrogens is 2. The number of hydrogen-bond donors (Lipinski definition) is 3. The van der Waals surface area contributed by atoms with E-state index in [1.54, 1.807) is 36.4 Å². The third-order valence-electron chi connectivity index (χ3n) is 3.83. The minimum absolute atomic E-state index is 0.247. The largest absolute Gasteiger partial charge is 0.323 e. The first-order chi connectivity index (χ1) is 12.1. The van der Waals surface area contributed by atoms with Crippen molar-refractivity contribution in [2.45, 2.75) is 6.92 Å².